The Hall–Kier alpha value is -1.84. The topological polar surface area (TPSA) is 141 Å². The Bertz CT molecular complexity index is 610. The van der Waals surface area contributed by atoms with Gasteiger partial charge in [-0.05, 0) is 26.0 Å². The molecule has 2 amide bonds. The molecule has 0 aliphatic heterocycles. The molecule has 0 bridgehead atoms. The van der Waals surface area contributed by atoms with Crippen molar-refractivity contribution in [1.82, 2.24) is 5.32 Å². The average molecular weight is 363 g/mol. The molecule has 0 radical (unpaired) electrons. The summed E-state index contributed by atoms with van der Waals surface area (Å²) in [4.78, 5) is 33.6. The molecule has 0 spiro atoms. The number of nitrogens with two attached hydrogens (primary N) is 2. The van der Waals surface area contributed by atoms with E-state index in [1.54, 1.807) is 13.8 Å². The van der Waals surface area contributed by atoms with E-state index < -0.39 is 16.4 Å². The van der Waals surface area contributed by atoms with Crippen molar-refractivity contribution >= 4 is 41.7 Å². The van der Waals surface area contributed by atoms with Crippen molar-refractivity contribution in [1.29, 1.82) is 0 Å². The second-order valence-corrected chi connectivity index (χ2v) is 6.25. The molecule has 1 rings (SSSR count). The van der Waals surface area contributed by atoms with Crippen LogP contribution in [0, 0.1) is 10.1 Å². The first kappa shape index (κ1) is 21.2. The fourth-order valence-corrected chi connectivity index (χ4v) is 2.35. The van der Waals surface area contributed by atoms with E-state index >= 15 is 0 Å². The van der Waals surface area contributed by atoms with Gasteiger partial charge >= 0.3 is 0 Å². The molecular weight excluding hydrogens is 344 g/mol. The molecule has 0 aliphatic carbocycles. The van der Waals surface area contributed by atoms with Crippen LogP contribution < -0.4 is 16.8 Å². The number of nitrogens with one attached hydrogen (secondary N) is 1. The molecule has 0 fully saturated rings. The average Bonchev–Trinajstić information content (AvgIpc) is 2.44. The molecule has 1 aromatic carbocycles. The molecule has 0 saturated carbocycles. The Labute approximate surface area is 143 Å². The maximum Gasteiger partial charge on any atom is 0.283 e. The summed E-state index contributed by atoms with van der Waals surface area (Å²) in [5, 5.41) is 13.8. The number of primary amides is 1. The van der Waals surface area contributed by atoms with Gasteiger partial charge in [0.05, 0.1) is 15.6 Å². The zero-order chi connectivity index (χ0) is 16.9. The second-order valence-electron chi connectivity index (χ2n) is 5.23. The predicted octanol–water partition coefficient (Wildman–Crippen LogP) is 1.06. The minimum absolute atomic E-state index is 0. The second kappa shape index (κ2) is 8.70. The van der Waals surface area contributed by atoms with E-state index in [9.17, 15) is 19.7 Å². The highest BCUT2D eigenvalue weighted by molar-refractivity contribution is 8.00. The molecule has 0 aromatic heterocycles. The predicted molar refractivity (Wildman–Crippen MR) is 90.9 cm³/mol. The van der Waals surface area contributed by atoms with Crippen molar-refractivity contribution in [2.24, 2.45) is 11.5 Å². The maximum atomic E-state index is 11.8. The number of rotatable bonds is 7. The Morgan fingerprint density at radius 1 is 1.39 bits per heavy atom. The van der Waals surface area contributed by atoms with Crippen molar-refractivity contribution < 1.29 is 14.5 Å². The molecule has 23 heavy (non-hydrogen) atoms. The minimum Gasteiger partial charge on any atom is -0.366 e. The highest BCUT2D eigenvalue weighted by atomic mass is 35.5. The van der Waals surface area contributed by atoms with E-state index in [4.69, 9.17) is 11.5 Å². The summed E-state index contributed by atoms with van der Waals surface area (Å²) in [6.07, 6.45) is 0. The summed E-state index contributed by atoms with van der Waals surface area (Å²) in [6, 6.07) is 3.90. The van der Waals surface area contributed by atoms with Crippen molar-refractivity contribution in [2.75, 3.05) is 12.3 Å². The molecule has 0 heterocycles. The lowest BCUT2D eigenvalue weighted by molar-refractivity contribution is -0.387. The van der Waals surface area contributed by atoms with Gasteiger partial charge in [0, 0.05) is 23.7 Å². The standard InChI is InChI=1S/C13H18N4O4S.ClH/c1-13(2,7-14)16-11(18)6-22-10-4-3-8(12(15)19)5-9(10)17(20)21;/h3-5H,6-7,14H2,1-2H3,(H2,15,19)(H,16,18);1H. The first-order chi connectivity index (χ1) is 10.2. The number of thioether (sulfide) groups is 1. The molecule has 1 aromatic rings. The Morgan fingerprint density at radius 2 is 2.00 bits per heavy atom. The van der Waals surface area contributed by atoms with E-state index in [1.165, 1.54) is 12.1 Å². The minimum atomic E-state index is -0.748. The van der Waals surface area contributed by atoms with Crippen LogP contribution >= 0.6 is 24.2 Å². The van der Waals surface area contributed by atoms with Gasteiger partial charge < -0.3 is 16.8 Å². The van der Waals surface area contributed by atoms with Gasteiger partial charge in [-0.3, -0.25) is 19.7 Å². The van der Waals surface area contributed by atoms with Gasteiger partial charge in [-0.25, -0.2) is 0 Å². The van der Waals surface area contributed by atoms with E-state index in [1.807, 2.05) is 0 Å². The van der Waals surface area contributed by atoms with Gasteiger partial charge in [-0.2, -0.15) is 0 Å². The molecule has 0 aliphatic rings. The summed E-state index contributed by atoms with van der Waals surface area (Å²) in [6.45, 7) is 3.83. The molecule has 8 nitrogen and oxygen atoms in total. The number of amides is 2. The third-order valence-corrected chi connectivity index (χ3v) is 3.85. The number of nitro groups is 1. The zero-order valence-electron chi connectivity index (χ0n) is 12.7. The zero-order valence-corrected chi connectivity index (χ0v) is 14.3. The number of carbonyl (C=O) groups excluding carboxylic acids is 2. The summed E-state index contributed by atoms with van der Waals surface area (Å²) in [7, 11) is 0. The Balaban J connectivity index is 0.00000484. The van der Waals surface area contributed by atoms with Crippen molar-refractivity contribution in [2.45, 2.75) is 24.3 Å². The number of halogens is 1. The van der Waals surface area contributed by atoms with Crippen LogP contribution in [-0.2, 0) is 4.79 Å². The normalized spacial score (nSPS) is 10.6. The van der Waals surface area contributed by atoms with Gasteiger partial charge in [0.2, 0.25) is 11.8 Å². The number of hydrogen-bond donors (Lipinski definition) is 3. The monoisotopic (exact) mass is 362 g/mol. The molecule has 10 heteroatoms. The molecule has 0 unspecified atom stereocenters. The van der Waals surface area contributed by atoms with Crippen molar-refractivity contribution in [3.63, 3.8) is 0 Å². The molecule has 0 atom stereocenters. The van der Waals surface area contributed by atoms with Crippen LogP contribution in [0.2, 0.25) is 0 Å². The van der Waals surface area contributed by atoms with Gasteiger partial charge in [0.15, 0.2) is 0 Å². The summed E-state index contributed by atoms with van der Waals surface area (Å²) in [5.41, 5.74) is 9.86. The summed E-state index contributed by atoms with van der Waals surface area (Å²) in [5.74, 6) is -1.03. The third-order valence-electron chi connectivity index (χ3n) is 2.79. The molecular formula is C13H19ClN4O4S. The van der Waals surface area contributed by atoms with E-state index in [2.05, 4.69) is 5.32 Å². The first-order valence-electron chi connectivity index (χ1n) is 6.38. The van der Waals surface area contributed by atoms with Crippen LogP contribution in [0.25, 0.3) is 0 Å². The molecule has 128 valence electrons. The smallest absolute Gasteiger partial charge is 0.283 e. The number of carbonyl (C=O) groups is 2. The SMILES string of the molecule is CC(C)(CN)NC(=O)CSc1ccc(C(N)=O)cc1[N+](=O)[O-].Cl. The lowest BCUT2D eigenvalue weighted by atomic mass is 10.1. The number of nitro benzene ring substituents is 1. The third kappa shape index (κ3) is 6.43. The molecule has 0 saturated heterocycles. The highest BCUT2D eigenvalue weighted by Gasteiger charge is 2.21. The quantitative estimate of drug-likeness (QED) is 0.376. The first-order valence-corrected chi connectivity index (χ1v) is 7.37. The summed E-state index contributed by atoms with van der Waals surface area (Å²) >= 11 is 1.01. The van der Waals surface area contributed by atoms with E-state index in [0.717, 1.165) is 17.8 Å². The number of hydrogen-bond acceptors (Lipinski definition) is 6. The summed E-state index contributed by atoms with van der Waals surface area (Å²) < 4.78 is 0. The number of benzene rings is 1. The van der Waals surface area contributed by atoms with Crippen molar-refractivity contribution in [3.05, 3.63) is 33.9 Å². The van der Waals surface area contributed by atoms with Crippen LogP contribution in [0.3, 0.4) is 0 Å². The fourth-order valence-electron chi connectivity index (χ4n) is 1.54. The Morgan fingerprint density at radius 3 is 2.48 bits per heavy atom. The Kier molecular flexibility index (Phi) is 8.01. The fraction of sp³-hybridized carbons (Fsp3) is 0.385. The molecule has 5 N–H and O–H groups in total. The van der Waals surface area contributed by atoms with Crippen LogP contribution in [0.1, 0.15) is 24.2 Å². The van der Waals surface area contributed by atoms with Crippen LogP contribution in [0.15, 0.2) is 23.1 Å². The lowest BCUT2D eigenvalue weighted by Gasteiger charge is -2.24. The van der Waals surface area contributed by atoms with Crippen LogP contribution in [0.5, 0.6) is 0 Å². The van der Waals surface area contributed by atoms with Gasteiger partial charge in [-0.15, -0.1) is 24.2 Å². The highest BCUT2D eigenvalue weighted by Crippen LogP contribution is 2.30. The van der Waals surface area contributed by atoms with Gasteiger partial charge in [-0.1, -0.05) is 0 Å². The van der Waals surface area contributed by atoms with Gasteiger partial charge in [0.25, 0.3) is 5.69 Å². The van der Waals surface area contributed by atoms with E-state index in [0.29, 0.717) is 0 Å². The van der Waals surface area contributed by atoms with Crippen LogP contribution in [0.4, 0.5) is 5.69 Å². The van der Waals surface area contributed by atoms with Crippen LogP contribution in [-0.4, -0.2) is 34.6 Å². The largest absolute Gasteiger partial charge is 0.366 e. The maximum absolute atomic E-state index is 11.8. The number of nitrogens with zero attached hydrogens (tertiary/aromatic N) is 1. The van der Waals surface area contributed by atoms with Gasteiger partial charge in [0.1, 0.15) is 0 Å². The lowest BCUT2D eigenvalue weighted by Crippen LogP contribution is -2.49. The van der Waals surface area contributed by atoms with Crippen molar-refractivity contribution in [3.8, 4) is 0 Å². The van der Waals surface area contributed by atoms with E-state index in [-0.39, 0.29) is 46.8 Å².